The second-order valence-electron chi connectivity index (χ2n) is 6.09. The first-order valence-corrected chi connectivity index (χ1v) is 8.95. The molecule has 2 aromatic carbocycles. The molecule has 27 heavy (non-hydrogen) atoms. The standard InChI is InChI=1S/C20H20ClN3O3/c1-14-18(3-2-4-19(14)21)20-10-9-17(27-20)13-22-11-12-23-15-5-7-16(8-6-15)24(25)26/h2-10,22-23H,11-13H2,1H3. The highest BCUT2D eigenvalue weighted by molar-refractivity contribution is 6.31. The molecule has 0 bridgehead atoms. The van der Waals surface area contributed by atoms with Crippen LogP contribution in [0.4, 0.5) is 11.4 Å². The molecule has 3 rings (SSSR count). The van der Waals surface area contributed by atoms with Crippen LogP contribution in [0.15, 0.2) is 59.0 Å². The van der Waals surface area contributed by atoms with Crippen LogP contribution >= 0.6 is 11.6 Å². The van der Waals surface area contributed by atoms with Crippen LogP contribution in [0.5, 0.6) is 0 Å². The van der Waals surface area contributed by atoms with Crippen LogP contribution < -0.4 is 10.6 Å². The molecule has 0 aliphatic carbocycles. The Morgan fingerprint density at radius 2 is 1.85 bits per heavy atom. The van der Waals surface area contributed by atoms with Crippen LogP contribution in [-0.2, 0) is 6.54 Å². The van der Waals surface area contributed by atoms with Gasteiger partial charge in [0.05, 0.1) is 11.5 Å². The van der Waals surface area contributed by atoms with Gasteiger partial charge in [0.15, 0.2) is 0 Å². The van der Waals surface area contributed by atoms with E-state index < -0.39 is 4.92 Å². The molecule has 0 saturated heterocycles. The Labute approximate surface area is 162 Å². The van der Waals surface area contributed by atoms with E-state index in [-0.39, 0.29) is 5.69 Å². The molecule has 1 heterocycles. The third kappa shape index (κ3) is 4.87. The second-order valence-corrected chi connectivity index (χ2v) is 6.49. The first-order valence-electron chi connectivity index (χ1n) is 8.58. The summed E-state index contributed by atoms with van der Waals surface area (Å²) in [7, 11) is 0. The number of furan rings is 1. The van der Waals surface area contributed by atoms with Gasteiger partial charge in [-0.15, -0.1) is 0 Å². The van der Waals surface area contributed by atoms with E-state index >= 15 is 0 Å². The van der Waals surface area contributed by atoms with Gasteiger partial charge in [-0.2, -0.15) is 0 Å². The molecular weight excluding hydrogens is 366 g/mol. The van der Waals surface area contributed by atoms with E-state index in [2.05, 4.69) is 10.6 Å². The molecule has 1 aromatic heterocycles. The van der Waals surface area contributed by atoms with Gasteiger partial charge < -0.3 is 15.1 Å². The number of nitrogens with zero attached hydrogens (tertiary/aromatic N) is 1. The monoisotopic (exact) mass is 385 g/mol. The number of benzene rings is 2. The Morgan fingerprint density at radius 1 is 1.07 bits per heavy atom. The van der Waals surface area contributed by atoms with E-state index in [1.807, 2.05) is 37.3 Å². The predicted molar refractivity (Wildman–Crippen MR) is 107 cm³/mol. The number of rotatable bonds is 8. The molecule has 0 amide bonds. The van der Waals surface area contributed by atoms with Crippen LogP contribution in [-0.4, -0.2) is 18.0 Å². The quantitative estimate of drug-likeness (QED) is 0.323. The minimum atomic E-state index is -0.409. The molecule has 2 N–H and O–H groups in total. The fraction of sp³-hybridized carbons (Fsp3) is 0.200. The number of halogens is 1. The van der Waals surface area contributed by atoms with E-state index in [0.29, 0.717) is 13.1 Å². The summed E-state index contributed by atoms with van der Waals surface area (Å²) in [5.41, 5.74) is 2.93. The normalized spacial score (nSPS) is 10.7. The zero-order valence-corrected chi connectivity index (χ0v) is 15.6. The molecule has 0 saturated carbocycles. The maximum Gasteiger partial charge on any atom is 0.269 e. The summed E-state index contributed by atoms with van der Waals surface area (Å²) in [6.07, 6.45) is 0. The second kappa shape index (κ2) is 8.70. The third-order valence-electron chi connectivity index (χ3n) is 4.20. The van der Waals surface area contributed by atoms with Crippen molar-refractivity contribution in [1.82, 2.24) is 5.32 Å². The highest BCUT2D eigenvalue weighted by Gasteiger charge is 2.09. The van der Waals surface area contributed by atoms with Crippen molar-refractivity contribution in [3.8, 4) is 11.3 Å². The lowest BCUT2D eigenvalue weighted by atomic mass is 10.1. The summed E-state index contributed by atoms with van der Waals surface area (Å²) in [5, 5.41) is 17.9. The van der Waals surface area contributed by atoms with Gasteiger partial charge in [0.2, 0.25) is 0 Å². The number of anilines is 1. The number of hydrogen-bond donors (Lipinski definition) is 2. The average molecular weight is 386 g/mol. The van der Waals surface area contributed by atoms with E-state index in [9.17, 15) is 10.1 Å². The topological polar surface area (TPSA) is 80.3 Å². The van der Waals surface area contributed by atoms with Gasteiger partial charge in [-0.3, -0.25) is 10.1 Å². The Bertz CT molecular complexity index is 922. The van der Waals surface area contributed by atoms with Crippen molar-refractivity contribution >= 4 is 23.0 Å². The van der Waals surface area contributed by atoms with Crippen molar-refractivity contribution < 1.29 is 9.34 Å². The Balaban J connectivity index is 1.45. The smallest absolute Gasteiger partial charge is 0.269 e. The SMILES string of the molecule is Cc1c(Cl)cccc1-c1ccc(CNCCNc2ccc([N+](=O)[O-])cc2)o1. The number of non-ortho nitro benzene ring substituents is 1. The molecule has 0 unspecified atom stereocenters. The summed E-state index contributed by atoms with van der Waals surface area (Å²) in [5.74, 6) is 1.65. The summed E-state index contributed by atoms with van der Waals surface area (Å²) >= 11 is 6.17. The summed E-state index contributed by atoms with van der Waals surface area (Å²) in [4.78, 5) is 10.2. The van der Waals surface area contributed by atoms with E-state index in [4.69, 9.17) is 16.0 Å². The first kappa shape index (κ1) is 18.9. The van der Waals surface area contributed by atoms with E-state index in [0.717, 1.165) is 39.9 Å². The van der Waals surface area contributed by atoms with Crippen LogP contribution in [0.2, 0.25) is 5.02 Å². The van der Waals surface area contributed by atoms with E-state index in [1.165, 1.54) is 12.1 Å². The largest absolute Gasteiger partial charge is 0.460 e. The number of hydrogen-bond acceptors (Lipinski definition) is 5. The molecule has 0 aliphatic heterocycles. The lowest BCUT2D eigenvalue weighted by Crippen LogP contribution is -2.21. The van der Waals surface area contributed by atoms with Crippen molar-refractivity contribution in [2.75, 3.05) is 18.4 Å². The van der Waals surface area contributed by atoms with Gasteiger partial charge in [-0.25, -0.2) is 0 Å². The minimum Gasteiger partial charge on any atom is -0.460 e. The lowest BCUT2D eigenvalue weighted by Gasteiger charge is -2.07. The molecule has 0 radical (unpaired) electrons. The van der Waals surface area contributed by atoms with Crippen molar-refractivity contribution in [1.29, 1.82) is 0 Å². The predicted octanol–water partition coefficient (Wildman–Crippen LogP) is 5.02. The van der Waals surface area contributed by atoms with Gasteiger partial charge in [0.1, 0.15) is 11.5 Å². The van der Waals surface area contributed by atoms with Crippen molar-refractivity contribution in [3.63, 3.8) is 0 Å². The van der Waals surface area contributed by atoms with Crippen molar-refractivity contribution in [2.45, 2.75) is 13.5 Å². The number of nitro benzene ring substituents is 1. The molecule has 6 nitrogen and oxygen atoms in total. The van der Waals surface area contributed by atoms with Crippen LogP contribution in [0.25, 0.3) is 11.3 Å². The minimum absolute atomic E-state index is 0.0854. The summed E-state index contributed by atoms with van der Waals surface area (Å²) in [6, 6.07) is 16.0. The molecule has 0 atom stereocenters. The van der Waals surface area contributed by atoms with Gasteiger partial charge in [-0.1, -0.05) is 23.7 Å². The fourth-order valence-electron chi connectivity index (χ4n) is 2.70. The van der Waals surface area contributed by atoms with E-state index in [1.54, 1.807) is 12.1 Å². The number of nitro groups is 1. The molecule has 140 valence electrons. The zero-order chi connectivity index (χ0) is 19.2. The maximum atomic E-state index is 10.6. The third-order valence-corrected chi connectivity index (χ3v) is 4.61. The molecule has 0 spiro atoms. The molecule has 7 heteroatoms. The maximum absolute atomic E-state index is 10.6. The molecular formula is C20H20ClN3O3. The fourth-order valence-corrected chi connectivity index (χ4v) is 2.87. The molecule has 0 aliphatic rings. The molecule has 3 aromatic rings. The summed E-state index contributed by atoms with van der Waals surface area (Å²) in [6.45, 7) is 4.01. The zero-order valence-electron chi connectivity index (χ0n) is 14.9. The van der Waals surface area contributed by atoms with Gasteiger partial charge in [0.25, 0.3) is 5.69 Å². The Kier molecular flexibility index (Phi) is 6.11. The van der Waals surface area contributed by atoms with Crippen molar-refractivity contribution in [2.24, 2.45) is 0 Å². The van der Waals surface area contributed by atoms with Crippen molar-refractivity contribution in [3.05, 3.63) is 81.1 Å². The summed E-state index contributed by atoms with van der Waals surface area (Å²) < 4.78 is 5.90. The first-order chi connectivity index (χ1) is 13.0. The highest BCUT2D eigenvalue weighted by Crippen LogP contribution is 2.29. The van der Waals surface area contributed by atoms with Gasteiger partial charge >= 0.3 is 0 Å². The lowest BCUT2D eigenvalue weighted by molar-refractivity contribution is -0.384. The van der Waals surface area contributed by atoms with Gasteiger partial charge in [-0.05, 0) is 42.8 Å². The van der Waals surface area contributed by atoms with Crippen LogP contribution in [0.3, 0.4) is 0 Å². The van der Waals surface area contributed by atoms with Gasteiger partial charge in [0, 0.05) is 41.5 Å². The van der Waals surface area contributed by atoms with Crippen LogP contribution in [0, 0.1) is 17.0 Å². The Morgan fingerprint density at radius 3 is 2.59 bits per heavy atom. The average Bonchev–Trinajstić information content (AvgIpc) is 3.13. The van der Waals surface area contributed by atoms with Crippen LogP contribution in [0.1, 0.15) is 11.3 Å². The highest BCUT2D eigenvalue weighted by atomic mass is 35.5. The Hall–Kier alpha value is -2.83. The number of nitrogens with one attached hydrogen (secondary N) is 2. The molecule has 0 fully saturated rings.